The number of piperidine rings is 1. The van der Waals surface area contributed by atoms with E-state index in [2.05, 4.69) is 6.07 Å². The van der Waals surface area contributed by atoms with Crippen molar-refractivity contribution in [3.8, 4) is 5.75 Å². The Morgan fingerprint density at radius 2 is 1.75 bits per heavy atom. The summed E-state index contributed by atoms with van der Waals surface area (Å²) in [6, 6.07) is 17.3. The second-order valence-corrected chi connectivity index (χ2v) is 9.13. The van der Waals surface area contributed by atoms with Crippen LogP contribution in [0.1, 0.15) is 35.3 Å². The van der Waals surface area contributed by atoms with E-state index in [1.165, 1.54) is 6.07 Å². The molecule has 6 rings (SSSR count). The summed E-state index contributed by atoms with van der Waals surface area (Å²) in [5, 5.41) is 12.5. The molecule has 1 fully saturated rings. The number of para-hydroxylation sites is 1. The van der Waals surface area contributed by atoms with E-state index in [4.69, 9.17) is 4.99 Å². The average molecular weight is 445 g/mol. The number of hydrogen-bond donors (Lipinski definition) is 1. The highest BCUT2D eigenvalue weighted by atomic mass is 32.2. The number of carbonyl (C=O) groups excluding carboxylic acids is 1. The summed E-state index contributed by atoms with van der Waals surface area (Å²) >= 11 is 1.66. The van der Waals surface area contributed by atoms with Crippen molar-refractivity contribution < 1.29 is 9.90 Å². The lowest BCUT2D eigenvalue weighted by Crippen LogP contribution is -2.64. The van der Waals surface area contributed by atoms with Crippen molar-refractivity contribution >= 4 is 29.2 Å². The van der Waals surface area contributed by atoms with Gasteiger partial charge in [0.05, 0.1) is 5.69 Å². The van der Waals surface area contributed by atoms with Crippen molar-refractivity contribution in [1.29, 1.82) is 0 Å². The molecule has 7 nitrogen and oxygen atoms in total. The first-order valence-corrected chi connectivity index (χ1v) is 11.5. The predicted molar refractivity (Wildman–Crippen MR) is 122 cm³/mol. The number of aromatic nitrogens is 1. The van der Waals surface area contributed by atoms with Gasteiger partial charge in [-0.3, -0.25) is 9.59 Å². The minimum Gasteiger partial charge on any atom is -0.502 e. The van der Waals surface area contributed by atoms with Crippen molar-refractivity contribution in [2.45, 2.75) is 35.2 Å². The Morgan fingerprint density at radius 3 is 2.62 bits per heavy atom. The number of nitrogens with zero attached hydrogens (tertiary/aromatic N) is 4. The van der Waals surface area contributed by atoms with Gasteiger partial charge in [0.2, 0.25) is 5.43 Å². The number of fused-ring (bicyclic) bond motifs is 4. The normalized spacial score (nSPS) is 19.3. The molecule has 1 atom stereocenters. The van der Waals surface area contributed by atoms with E-state index < -0.39 is 11.2 Å². The van der Waals surface area contributed by atoms with Gasteiger partial charge >= 0.3 is 0 Å². The summed E-state index contributed by atoms with van der Waals surface area (Å²) in [5.74, 6) is -0.158. The fraction of sp³-hybridized carbons (Fsp3) is 0.208. The fourth-order valence-electron chi connectivity index (χ4n) is 4.67. The zero-order chi connectivity index (χ0) is 21.8. The lowest BCUT2D eigenvalue weighted by atomic mass is 10.0. The molecule has 32 heavy (non-hydrogen) atoms. The average Bonchev–Trinajstić information content (AvgIpc) is 2.98. The number of rotatable bonds is 0. The van der Waals surface area contributed by atoms with Gasteiger partial charge in [-0.05, 0) is 37.5 Å². The van der Waals surface area contributed by atoms with Crippen molar-refractivity contribution in [2.24, 2.45) is 4.99 Å². The summed E-state index contributed by atoms with van der Waals surface area (Å²) < 4.78 is 1.61. The maximum atomic E-state index is 13.3. The Labute approximate surface area is 188 Å². The van der Waals surface area contributed by atoms with E-state index >= 15 is 0 Å². The Balaban J connectivity index is 1.65. The minimum atomic E-state index is -0.566. The Kier molecular flexibility index (Phi) is 4.36. The molecule has 4 heterocycles. The van der Waals surface area contributed by atoms with Crippen LogP contribution in [0.3, 0.4) is 0 Å². The second kappa shape index (κ2) is 7.27. The van der Waals surface area contributed by atoms with E-state index in [9.17, 15) is 14.7 Å². The van der Waals surface area contributed by atoms with Crippen molar-refractivity contribution in [3.05, 3.63) is 82.3 Å². The van der Waals surface area contributed by atoms with Crippen LogP contribution in [0.15, 0.2) is 80.4 Å². The molecule has 8 heteroatoms. The maximum absolute atomic E-state index is 13.3. The molecule has 0 spiro atoms. The monoisotopic (exact) mass is 444 g/mol. The molecule has 2 aromatic carbocycles. The molecule has 1 amide bonds. The number of amidine groups is 1. The topological polar surface area (TPSA) is 78.1 Å². The molecule has 0 bridgehead atoms. The van der Waals surface area contributed by atoms with Crippen LogP contribution in [0, 0.1) is 0 Å². The Hall–Kier alpha value is -3.52. The van der Waals surface area contributed by atoms with Crippen molar-refractivity contribution in [1.82, 2.24) is 9.58 Å². The van der Waals surface area contributed by atoms with Gasteiger partial charge in [0.1, 0.15) is 6.17 Å². The molecule has 3 aliphatic heterocycles. The molecule has 3 aromatic rings. The lowest BCUT2D eigenvalue weighted by Gasteiger charge is -2.48. The first-order valence-electron chi connectivity index (χ1n) is 10.6. The third kappa shape index (κ3) is 2.79. The van der Waals surface area contributed by atoms with E-state index in [0.717, 1.165) is 40.3 Å². The molecule has 1 N–H and O–H groups in total. The number of pyridine rings is 1. The van der Waals surface area contributed by atoms with Crippen molar-refractivity contribution in [2.75, 3.05) is 11.6 Å². The number of amides is 1. The maximum Gasteiger partial charge on any atom is 0.278 e. The standard InChI is InChI=1S/C24H20N4O3S/c29-17-12-14-27-21(22(17)30)24(31)26-13-6-5-11-20(26)28(27)23-15-7-1-3-9-18(15)32-19-10-4-2-8-16(19)25-23/h1-4,7-10,12,14,20,30H,5-6,11,13H2. The molecule has 0 aliphatic carbocycles. The molecular weight excluding hydrogens is 424 g/mol. The quantitative estimate of drug-likeness (QED) is 0.572. The summed E-state index contributed by atoms with van der Waals surface area (Å²) in [7, 11) is 0. The second-order valence-electron chi connectivity index (χ2n) is 8.04. The van der Waals surface area contributed by atoms with Gasteiger partial charge < -0.3 is 10.0 Å². The van der Waals surface area contributed by atoms with Crippen LogP contribution >= 0.6 is 11.8 Å². The molecule has 0 saturated carbocycles. The van der Waals surface area contributed by atoms with Gasteiger partial charge in [0.15, 0.2) is 17.3 Å². The van der Waals surface area contributed by atoms with Crippen LogP contribution in [0.4, 0.5) is 5.69 Å². The first-order chi connectivity index (χ1) is 15.6. The highest BCUT2D eigenvalue weighted by Gasteiger charge is 2.43. The van der Waals surface area contributed by atoms with Gasteiger partial charge in [0, 0.05) is 34.2 Å². The van der Waals surface area contributed by atoms with E-state index in [-0.39, 0.29) is 17.8 Å². The first kappa shape index (κ1) is 19.2. The van der Waals surface area contributed by atoms with Crippen LogP contribution < -0.4 is 10.4 Å². The van der Waals surface area contributed by atoms with Gasteiger partial charge in [-0.1, -0.05) is 42.1 Å². The summed E-state index contributed by atoms with van der Waals surface area (Å²) in [5.41, 5.74) is 1.21. The largest absolute Gasteiger partial charge is 0.502 e. The third-order valence-electron chi connectivity index (χ3n) is 6.16. The van der Waals surface area contributed by atoms with Gasteiger partial charge in [-0.2, -0.15) is 0 Å². The minimum absolute atomic E-state index is 0.0129. The summed E-state index contributed by atoms with van der Waals surface area (Å²) in [4.78, 5) is 34.4. The van der Waals surface area contributed by atoms with Crippen molar-refractivity contribution in [3.63, 3.8) is 0 Å². The molecule has 0 radical (unpaired) electrons. The molecule has 1 saturated heterocycles. The van der Waals surface area contributed by atoms with Crippen LogP contribution in [0.5, 0.6) is 5.75 Å². The SMILES string of the molecule is O=C1c2c(O)c(=O)ccn2N(C2=Nc3ccccc3Sc3ccccc32)C2CCCCN12. The number of benzene rings is 2. The molecule has 1 unspecified atom stereocenters. The molecule has 1 aromatic heterocycles. The highest BCUT2D eigenvalue weighted by Crippen LogP contribution is 2.41. The summed E-state index contributed by atoms with van der Waals surface area (Å²) in [6.07, 6.45) is 3.94. The molecule has 3 aliphatic rings. The number of hydrogen-bond acceptors (Lipinski definition) is 6. The van der Waals surface area contributed by atoms with E-state index in [0.29, 0.717) is 12.4 Å². The zero-order valence-corrected chi connectivity index (χ0v) is 18.0. The van der Waals surface area contributed by atoms with E-state index in [1.54, 1.807) is 27.5 Å². The van der Waals surface area contributed by atoms with Gasteiger partial charge in [-0.15, -0.1) is 0 Å². The fourth-order valence-corrected chi connectivity index (χ4v) is 5.69. The number of aromatic hydroxyl groups is 1. The van der Waals surface area contributed by atoms with Crippen LogP contribution in [0.25, 0.3) is 0 Å². The highest BCUT2D eigenvalue weighted by molar-refractivity contribution is 7.99. The zero-order valence-electron chi connectivity index (χ0n) is 17.1. The summed E-state index contributed by atoms with van der Waals surface area (Å²) in [6.45, 7) is 0.572. The Morgan fingerprint density at radius 1 is 0.969 bits per heavy atom. The van der Waals surface area contributed by atoms with E-state index in [1.807, 2.05) is 47.5 Å². The predicted octanol–water partition coefficient (Wildman–Crippen LogP) is 3.70. The van der Waals surface area contributed by atoms with Gasteiger partial charge in [-0.25, -0.2) is 14.7 Å². The Bertz CT molecular complexity index is 1350. The van der Waals surface area contributed by atoms with Crippen LogP contribution in [0.2, 0.25) is 0 Å². The van der Waals surface area contributed by atoms with Gasteiger partial charge in [0.25, 0.3) is 5.91 Å². The molecular formula is C24H20N4O3S. The van der Waals surface area contributed by atoms with Crippen LogP contribution in [-0.4, -0.2) is 39.1 Å². The van der Waals surface area contributed by atoms with Crippen LogP contribution in [-0.2, 0) is 0 Å². The lowest BCUT2D eigenvalue weighted by molar-refractivity contribution is 0.0522. The third-order valence-corrected chi connectivity index (χ3v) is 7.30. The molecule has 160 valence electrons. The smallest absolute Gasteiger partial charge is 0.278 e. The number of carbonyl (C=O) groups is 1. The number of aliphatic imine (C=N–C) groups is 1.